The van der Waals surface area contributed by atoms with Crippen molar-refractivity contribution < 1.29 is 20.6 Å². The first-order valence-corrected chi connectivity index (χ1v) is 38.5. The predicted octanol–water partition coefficient (Wildman–Crippen LogP) is 31.2. The van der Waals surface area contributed by atoms with Gasteiger partial charge in [0.1, 0.15) is 0 Å². The van der Waals surface area contributed by atoms with Crippen LogP contribution in [0.3, 0.4) is 0 Å². The van der Waals surface area contributed by atoms with Crippen molar-refractivity contribution in [3.05, 3.63) is 400 Å². The summed E-state index contributed by atoms with van der Waals surface area (Å²) in [4.78, 5) is 0. The van der Waals surface area contributed by atoms with Crippen LogP contribution in [-0.2, 0) is 0 Å². The van der Waals surface area contributed by atoms with Gasteiger partial charge in [-0.1, -0.05) is 303 Å². The monoisotopic (exact) mass is 1450 g/mol. The molecule has 0 unspecified atom stereocenters. The Bertz CT molecular complexity index is 9030. The number of fused-ring (bicyclic) bond motifs is 6. The van der Waals surface area contributed by atoms with Crippen LogP contribution in [0, 0.1) is 0 Å². The number of nitrogens with zero attached hydrogens (tertiary/aromatic N) is 2. The van der Waals surface area contributed by atoms with Gasteiger partial charge in [-0.25, -0.2) is 0 Å². The van der Waals surface area contributed by atoms with Crippen LogP contribution in [0.5, 0.6) is 0 Å². The quantitative estimate of drug-likeness (QED) is 0.134. The third kappa shape index (κ3) is 9.37. The van der Waals surface area contributed by atoms with Crippen molar-refractivity contribution in [2.45, 2.75) is 0 Å². The number of hydrogen-bond donors (Lipinski definition) is 0. The Balaban J connectivity index is 0.000000141. The van der Waals surface area contributed by atoms with Crippen molar-refractivity contribution in [3.63, 3.8) is 0 Å². The molecule has 0 amide bonds. The van der Waals surface area contributed by atoms with E-state index in [-0.39, 0.29) is 51.5 Å². The Morgan fingerprint density at radius 3 is 1.04 bits per heavy atom. The maximum Gasteiger partial charge on any atom is 0.0645 e. The predicted molar refractivity (Wildman–Crippen MR) is 489 cm³/mol. The van der Waals surface area contributed by atoms with Gasteiger partial charge in [0.2, 0.25) is 0 Å². The SMILES string of the molecule is [2H]c1c(-c2ccc3c(c2)c2ccccc2n3-c2ccccc2)c([2H])c(-c2ccc3ccc4cccc5ccc2c3c45)c([2H])c1-c1ccc2ccc3cccc4ccc1c2c34.[2H]c1c([2H])c([2H])c(-n2c3c([2H])c([2H])c([2H])c([2H])c3c3c([2H])c(-c4cc(-c5ccc6ccc7cccc8ccc5c6c78)cc(-c5ccc6ccc7cccc8ccc5c6c78)c4)c([2H])c([2H])c32)c([2H])c1[2H]. The molecule has 0 saturated heterocycles. The fourth-order valence-electron chi connectivity index (χ4n) is 19.1. The zero-order valence-corrected chi connectivity index (χ0v) is 60.8. The minimum absolute atomic E-state index is 0.0264. The zero-order valence-electron chi connectivity index (χ0n) is 75.8. The highest BCUT2D eigenvalue weighted by atomic mass is 15.0. The van der Waals surface area contributed by atoms with Crippen molar-refractivity contribution in [2.75, 3.05) is 0 Å². The lowest BCUT2D eigenvalue weighted by Crippen LogP contribution is -1.93. The molecule has 0 aliphatic carbocycles. The first-order chi connectivity index (χ1) is 62.8. The first-order valence-electron chi connectivity index (χ1n) is 46.0. The fourth-order valence-corrected chi connectivity index (χ4v) is 19.1. The van der Waals surface area contributed by atoms with Gasteiger partial charge in [-0.15, -0.1) is 0 Å². The van der Waals surface area contributed by atoms with Crippen LogP contribution in [0.15, 0.2) is 400 Å². The molecule has 2 heteroatoms. The Kier molecular flexibility index (Phi) is 10.6. The van der Waals surface area contributed by atoms with Crippen molar-refractivity contribution in [1.82, 2.24) is 9.13 Å². The molecule has 0 aliphatic heterocycles. The van der Waals surface area contributed by atoms with E-state index in [9.17, 15) is 9.60 Å². The van der Waals surface area contributed by atoms with E-state index in [0.717, 1.165) is 168 Å². The lowest BCUT2D eigenvalue weighted by molar-refractivity contribution is 1.18. The van der Waals surface area contributed by atoms with Crippen molar-refractivity contribution in [2.24, 2.45) is 0 Å². The molecule has 2 aromatic heterocycles. The third-order valence-electron chi connectivity index (χ3n) is 24.1. The molecular formula is C112H66N2. The molecule has 0 bridgehead atoms. The summed E-state index contributed by atoms with van der Waals surface area (Å²) in [7, 11) is 0. The van der Waals surface area contributed by atoms with Gasteiger partial charge in [0.25, 0.3) is 0 Å². The molecule has 26 aromatic rings. The second-order valence-corrected chi connectivity index (χ2v) is 30.1. The van der Waals surface area contributed by atoms with Gasteiger partial charge in [-0.05, 0) is 293 Å². The number of hydrogen-bond acceptors (Lipinski definition) is 0. The molecule has 0 radical (unpaired) electrons. The Hall–Kier alpha value is -15.0. The summed E-state index contributed by atoms with van der Waals surface area (Å²) in [5, 5.41) is 28.5. The molecule has 2 nitrogen and oxygen atoms in total. The van der Waals surface area contributed by atoms with E-state index in [2.05, 4.69) is 296 Å². The number of benzene rings is 24. The van der Waals surface area contributed by atoms with Gasteiger partial charge in [0.05, 0.1) is 42.6 Å². The van der Waals surface area contributed by atoms with Crippen molar-refractivity contribution in [1.29, 1.82) is 0 Å². The largest absolute Gasteiger partial charge is 0.309 e. The lowest BCUT2D eigenvalue weighted by atomic mass is 9.86. The minimum atomic E-state index is -0.690. The normalized spacial score (nSPS) is 14.1. The zero-order chi connectivity index (χ0) is 87.4. The average molecular weight is 1450 g/mol. The van der Waals surface area contributed by atoms with Gasteiger partial charge < -0.3 is 9.13 Å². The molecule has 0 fully saturated rings. The van der Waals surface area contributed by atoms with Gasteiger partial charge >= 0.3 is 0 Å². The van der Waals surface area contributed by atoms with Crippen LogP contribution in [0.4, 0.5) is 0 Å². The van der Waals surface area contributed by atoms with Gasteiger partial charge in [-0.2, -0.15) is 0 Å². The standard InChI is InChI=1S/2C56H33N/c2*1-2-12-44(13-3-1)57-51-15-5-4-14-47(51)50-33-40(24-29-52(50)57)41-30-42(45-25-20-38-18-16-34-8-6-10-36-22-27-48(45)55(38)53(34)36)32-43(31-41)46-26-21-39-19-17-35-9-7-11-37-23-28-49(46)56(39)54(35)37/h2*1-33H/i1D,2D,3D,4D,5D,12D,13D,14D,15D,24D,29D,33D;30D,31D,32D. The smallest absolute Gasteiger partial charge is 0.0645 e. The van der Waals surface area contributed by atoms with Crippen LogP contribution in [0.1, 0.15) is 20.6 Å². The van der Waals surface area contributed by atoms with Crippen molar-refractivity contribution >= 4 is 173 Å². The maximum absolute atomic E-state index is 10.2. The molecule has 24 aromatic carbocycles. The highest BCUT2D eigenvalue weighted by Gasteiger charge is 2.23. The number of aromatic nitrogens is 2. The summed E-state index contributed by atoms with van der Waals surface area (Å²) in [6.07, 6.45) is 0. The molecule has 0 N–H and O–H groups in total. The van der Waals surface area contributed by atoms with Crippen molar-refractivity contribution in [3.8, 4) is 78.1 Å². The highest BCUT2D eigenvalue weighted by molar-refractivity contribution is 6.30. The number of para-hydroxylation sites is 4. The summed E-state index contributed by atoms with van der Waals surface area (Å²) < 4.78 is 143. The van der Waals surface area contributed by atoms with Crippen LogP contribution < -0.4 is 0 Å². The summed E-state index contributed by atoms with van der Waals surface area (Å²) in [6, 6.07) is 101. The Labute approximate surface area is 677 Å². The van der Waals surface area contributed by atoms with E-state index in [4.69, 9.17) is 11.0 Å². The van der Waals surface area contributed by atoms with Crippen LogP contribution >= 0.6 is 0 Å². The topological polar surface area (TPSA) is 9.86 Å². The first kappa shape index (κ1) is 50.0. The molecule has 0 atom stereocenters. The minimum Gasteiger partial charge on any atom is -0.309 e. The Morgan fingerprint density at radius 2 is 0.544 bits per heavy atom. The van der Waals surface area contributed by atoms with Gasteiger partial charge in [0.15, 0.2) is 0 Å². The molecule has 0 aliphatic rings. The highest BCUT2D eigenvalue weighted by Crippen LogP contribution is 2.49. The van der Waals surface area contributed by atoms with Gasteiger partial charge in [-0.3, -0.25) is 0 Å². The molecule has 2 heterocycles. The lowest BCUT2D eigenvalue weighted by Gasteiger charge is -2.18. The number of rotatable bonds is 8. The molecule has 0 spiro atoms. The summed E-state index contributed by atoms with van der Waals surface area (Å²) in [5.41, 5.74) is 10.1. The molecule has 114 heavy (non-hydrogen) atoms. The second kappa shape index (κ2) is 24.3. The molecular weight excluding hydrogens is 1370 g/mol. The third-order valence-corrected chi connectivity index (χ3v) is 24.1. The van der Waals surface area contributed by atoms with Crippen LogP contribution in [0.25, 0.3) is 251 Å². The molecule has 524 valence electrons. The van der Waals surface area contributed by atoms with E-state index >= 15 is 0 Å². The molecule has 26 rings (SSSR count). The van der Waals surface area contributed by atoms with Gasteiger partial charge in [0, 0.05) is 32.9 Å². The summed E-state index contributed by atoms with van der Waals surface area (Å²) >= 11 is 0. The van der Waals surface area contributed by atoms with E-state index < -0.39 is 72.2 Å². The van der Waals surface area contributed by atoms with E-state index in [1.807, 2.05) is 18.2 Å². The fraction of sp³-hybridized carbons (Fsp3) is 0. The second-order valence-electron chi connectivity index (χ2n) is 30.1. The van der Waals surface area contributed by atoms with E-state index in [1.165, 1.54) is 32.3 Å². The van der Waals surface area contributed by atoms with Crippen LogP contribution in [0.2, 0.25) is 0 Å². The molecule has 0 saturated carbocycles. The summed E-state index contributed by atoms with van der Waals surface area (Å²) in [5.74, 6) is 0. The van der Waals surface area contributed by atoms with Crippen LogP contribution in [-0.4, -0.2) is 9.13 Å². The van der Waals surface area contributed by atoms with E-state index in [0.29, 0.717) is 22.3 Å². The summed E-state index contributed by atoms with van der Waals surface area (Å²) in [6.45, 7) is 0. The maximum atomic E-state index is 10.2. The van der Waals surface area contributed by atoms with E-state index in [1.54, 1.807) is 0 Å². The average Bonchev–Trinajstić information content (AvgIpc) is 0.985. The Morgan fingerprint density at radius 1 is 0.167 bits per heavy atom.